The number of aromatic nitrogens is 4. The maximum absolute atomic E-state index is 13.2. The zero-order valence-electron chi connectivity index (χ0n) is 11.9. The van der Waals surface area contributed by atoms with Crippen molar-refractivity contribution in [2.75, 3.05) is 0 Å². The summed E-state index contributed by atoms with van der Waals surface area (Å²) in [7, 11) is 0. The molecule has 3 rings (SSSR count). The Balaban J connectivity index is 2.08. The number of benzene rings is 1. The van der Waals surface area contributed by atoms with E-state index in [1.807, 2.05) is 0 Å². The molecular weight excluding hydrogens is 293 g/mol. The van der Waals surface area contributed by atoms with E-state index in [1.54, 1.807) is 18.3 Å². The van der Waals surface area contributed by atoms with Crippen molar-refractivity contribution in [3.8, 4) is 11.4 Å². The number of halogens is 3. The minimum Gasteiger partial charge on any atom is -0.335 e. The van der Waals surface area contributed by atoms with Crippen LogP contribution in [0.15, 0.2) is 36.8 Å². The molecule has 0 fully saturated rings. The van der Waals surface area contributed by atoms with Crippen molar-refractivity contribution < 1.29 is 13.2 Å². The Kier molecular flexibility index (Phi) is 3.16. The Morgan fingerprint density at radius 3 is 2.59 bits per heavy atom. The number of hydrogen-bond donors (Lipinski definition) is 1. The van der Waals surface area contributed by atoms with Crippen LogP contribution in [0.2, 0.25) is 0 Å². The van der Waals surface area contributed by atoms with E-state index in [9.17, 15) is 13.2 Å². The minimum atomic E-state index is -4.33. The summed E-state index contributed by atoms with van der Waals surface area (Å²) in [5.74, 6) is 0.468. The number of alkyl halides is 3. The largest absolute Gasteiger partial charge is 0.397 e. The lowest BCUT2D eigenvalue weighted by Gasteiger charge is -2.28. The van der Waals surface area contributed by atoms with E-state index >= 15 is 0 Å². The second-order valence-corrected chi connectivity index (χ2v) is 5.55. The highest BCUT2D eigenvalue weighted by Crippen LogP contribution is 2.41. The third-order valence-electron chi connectivity index (χ3n) is 3.73. The first kappa shape index (κ1) is 14.5. The highest BCUT2D eigenvalue weighted by Gasteiger charge is 2.48. The van der Waals surface area contributed by atoms with Gasteiger partial charge in [-0.1, -0.05) is 18.2 Å². The first-order valence-corrected chi connectivity index (χ1v) is 6.62. The monoisotopic (exact) mass is 306 g/mol. The molecule has 0 aliphatic rings. The molecule has 0 radical (unpaired) electrons. The fourth-order valence-corrected chi connectivity index (χ4v) is 2.12. The molecule has 3 aromatic rings. The van der Waals surface area contributed by atoms with Gasteiger partial charge in [0.05, 0.1) is 11.6 Å². The van der Waals surface area contributed by atoms with E-state index in [0.29, 0.717) is 22.6 Å². The van der Waals surface area contributed by atoms with Crippen LogP contribution in [0.4, 0.5) is 13.2 Å². The van der Waals surface area contributed by atoms with Crippen LogP contribution >= 0.6 is 0 Å². The van der Waals surface area contributed by atoms with Gasteiger partial charge in [0.25, 0.3) is 0 Å². The maximum Gasteiger partial charge on any atom is 0.397 e. The SMILES string of the molecule is CC(C)(c1cccc(-c2nc3ncncc3[nH]2)c1)C(F)(F)F. The van der Waals surface area contributed by atoms with Gasteiger partial charge in [-0.25, -0.2) is 15.0 Å². The summed E-state index contributed by atoms with van der Waals surface area (Å²) in [5.41, 5.74) is -0.0604. The minimum absolute atomic E-state index is 0.184. The molecule has 0 saturated carbocycles. The zero-order chi connectivity index (χ0) is 16.0. The van der Waals surface area contributed by atoms with E-state index in [0.717, 1.165) is 13.8 Å². The Morgan fingerprint density at radius 2 is 1.91 bits per heavy atom. The summed E-state index contributed by atoms with van der Waals surface area (Å²) in [6.07, 6.45) is -1.39. The van der Waals surface area contributed by atoms with Crippen molar-refractivity contribution >= 4 is 11.2 Å². The number of nitrogens with one attached hydrogen (secondary N) is 1. The second-order valence-electron chi connectivity index (χ2n) is 5.55. The van der Waals surface area contributed by atoms with Gasteiger partial charge in [0.2, 0.25) is 0 Å². The van der Waals surface area contributed by atoms with Gasteiger partial charge in [-0.05, 0) is 25.5 Å². The topological polar surface area (TPSA) is 54.5 Å². The molecule has 7 heteroatoms. The zero-order valence-corrected chi connectivity index (χ0v) is 11.9. The first-order valence-electron chi connectivity index (χ1n) is 6.62. The quantitative estimate of drug-likeness (QED) is 0.782. The summed E-state index contributed by atoms with van der Waals surface area (Å²) < 4.78 is 39.5. The van der Waals surface area contributed by atoms with Gasteiger partial charge < -0.3 is 4.98 Å². The molecule has 0 amide bonds. The molecule has 2 heterocycles. The van der Waals surface area contributed by atoms with Gasteiger partial charge in [0.1, 0.15) is 17.7 Å². The molecular formula is C15H13F3N4. The van der Waals surface area contributed by atoms with Crippen LogP contribution in [-0.4, -0.2) is 26.1 Å². The van der Waals surface area contributed by atoms with E-state index in [1.165, 1.54) is 18.5 Å². The molecule has 4 nitrogen and oxygen atoms in total. The highest BCUT2D eigenvalue weighted by molar-refractivity contribution is 5.74. The molecule has 0 spiro atoms. The highest BCUT2D eigenvalue weighted by atomic mass is 19.4. The molecule has 22 heavy (non-hydrogen) atoms. The molecule has 1 aromatic carbocycles. The van der Waals surface area contributed by atoms with Crippen LogP contribution in [0.3, 0.4) is 0 Å². The van der Waals surface area contributed by atoms with Crippen LogP contribution in [-0.2, 0) is 5.41 Å². The van der Waals surface area contributed by atoms with Crippen LogP contribution in [0.25, 0.3) is 22.6 Å². The summed E-state index contributed by atoms with van der Waals surface area (Å²) in [6.45, 7) is 2.33. The lowest BCUT2D eigenvalue weighted by atomic mass is 9.83. The van der Waals surface area contributed by atoms with Crippen molar-refractivity contribution in [3.63, 3.8) is 0 Å². The number of hydrogen-bond acceptors (Lipinski definition) is 3. The average molecular weight is 306 g/mol. The van der Waals surface area contributed by atoms with Crippen molar-refractivity contribution in [2.45, 2.75) is 25.4 Å². The lowest BCUT2D eigenvalue weighted by molar-refractivity contribution is -0.180. The van der Waals surface area contributed by atoms with Crippen molar-refractivity contribution in [3.05, 3.63) is 42.4 Å². The Hall–Kier alpha value is -2.44. The van der Waals surface area contributed by atoms with Gasteiger partial charge in [-0.15, -0.1) is 0 Å². The molecule has 2 aromatic heterocycles. The van der Waals surface area contributed by atoms with Crippen LogP contribution in [0.5, 0.6) is 0 Å². The number of H-pyrrole nitrogens is 1. The summed E-state index contributed by atoms with van der Waals surface area (Å²) >= 11 is 0. The summed E-state index contributed by atoms with van der Waals surface area (Å²) in [5, 5.41) is 0. The number of rotatable bonds is 2. The Labute approximate surface area is 124 Å². The number of nitrogens with zero attached hydrogens (tertiary/aromatic N) is 3. The maximum atomic E-state index is 13.2. The standard InChI is InChI=1S/C15H13F3N4/c1-14(2,15(16,17)18)10-5-3-4-9(6-10)12-21-11-7-19-8-20-13(11)22-12/h3-8H,1-2H3,(H,19,20,21,22). The molecule has 0 atom stereocenters. The van der Waals surface area contributed by atoms with Crippen molar-refractivity contribution in [1.29, 1.82) is 0 Å². The fourth-order valence-electron chi connectivity index (χ4n) is 2.12. The lowest BCUT2D eigenvalue weighted by Crippen LogP contribution is -2.36. The van der Waals surface area contributed by atoms with E-state index in [-0.39, 0.29) is 5.56 Å². The van der Waals surface area contributed by atoms with Crippen LogP contribution in [0, 0.1) is 0 Å². The predicted molar refractivity (Wildman–Crippen MR) is 76.2 cm³/mol. The third-order valence-corrected chi connectivity index (χ3v) is 3.73. The molecule has 0 saturated heterocycles. The van der Waals surface area contributed by atoms with E-state index in [4.69, 9.17) is 0 Å². The third kappa shape index (κ3) is 2.32. The molecule has 1 N–H and O–H groups in total. The van der Waals surface area contributed by atoms with Gasteiger partial charge in [-0.2, -0.15) is 13.2 Å². The Morgan fingerprint density at radius 1 is 1.14 bits per heavy atom. The molecule has 0 unspecified atom stereocenters. The van der Waals surface area contributed by atoms with Crippen molar-refractivity contribution in [1.82, 2.24) is 19.9 Å². The van der Waals surface area contributed by atoms with Gasteiger partial charge >= 0.3 is 6.18 Å². The molecule has 0 bridgehead atoms. The number of fused-ring (bicyclic) bond motifs is 1. The Bertz CT molecular complexity index is 788. The van der Waals surface area contributed by atoms with Crippen LogP contribution in [0.1, 0.15) is 19.4 Å². The summed E-state index contributed by atoms with van der Waals surface area (Å²) in [6, 6.07) is 6.27. The van der Waals surface area contributed by atoms with E-state index in [2.05, 4.69) is 19.9 Å². The first-order chi connectivity index (χ1) is 10.3. The molecule has 0 aliphatic carbocycles. The molecule has 0 aliphatic heterocycles. The predicted octanol–water partition coefficient (Wildman–Crippen LogP) is 3.86. The second kappa shape index (κ2) is 4.79. The van der Waals surface area contributed by atoms with Crippen LogP contribution < -0.4 is 0 Å². The average Bonchev–Trinajstić information content (AvgIpc) is 2.90. The summed E-state index contributed by atoms with van der Waals surface area (Å²) in [4.78, 5) is 15.2. The fraction of sp³-hybridized carbons (Fsp3) is 0.267. The normalized spacial score (nSPS) is 12.8. The van der Waals surface area contributed by atoms with E-state index < -0.39 is 11.6 Å². The van der Waals surface area contributed by atoms with Gasteiger partial charge in [-0.3, -0.25) is 0 Å². The smallest absolute Gasteiger partial charge is 0.335 e. The van der Waals surface area contributed by atoms with Gasteiger partial charge in [0, 0.05) is 5.56 Å². The number of aromatic amines is 1. The van der Waals surface area contributed by atoms with Crippen molar-refractivity contribution in [2.24, 2.45) is 0 Å². The van der Waals surface area contributed by atoms with Gasteiger partial charge in [0.15, 0.2) is 5.65 Å². The molecule has 114 valence electrons. The number of imidazole rings is 1.